The number of amides is 1. The highest BCUT2D eigenvalue weighted by molar-refractivity contribution is 5.71. The van der Waals surface area contributed by atoms with Crippen LogP contribution in [0.25, 0.3) is 0 Å². The Bertz CT molecular complexity index is 841. The zero-order chi connectivity index (χ0) is 21.7. The number of carbonyl (C=O) groups excluding carboxylic acids is 1. The highest BCUT2D eigenvalue weighted by atomic mass is 19.1. The molecular weight excluding hydrogens is 387 g/mol. The van der Waals surface area contributed by atoms with Crippen molar-refractivity contribution in [3.05, 3.63) is 29.6 Å². The molecule has 3 heterocycles. The van der Waals surface area contributed by atoms with Crippen LogP contribution in [0.15, 0.2) is 28.5 Å². The molecule has 1 amide bonds. The molecule has 1 saturated carbocycles. The zero-order valence-electron chi connectivity index (χ0n) is 18.1. The van der Waals surface area contributed by atoms with Gasteiger partial charge in [0.15, 0.2) is 5.82 Å². The fourth-order valence-corrected chi connectivity index (χ4v) is 5.06. The van der Waals surface area contributed by atoms with E-state index in [2.05, 4.69) is 10.3 Å². The van der Waals surface area contributed by atoms with Gasteiger partial charge in [-0.05, 0) is 65.4 Å². The van der Waals surface area contributed by atoms with E-state index in [0.717, 1.165) is 38.8 Å². The second-order valence-corrected chi connectivity index (χ2v) is 9.98. The van der Waals surface area contributed by atoms with Gasteiger partial charge >= 0.3 is 6.09 Å². The molecule has 0 unspecified atom stereocenters. The van der Waals surface area contributed by atoms with Crippen LogP contribution in [0, 0.1) is 11.7 Å². The molecule has 8 heteroatoms. The van der Waals surface area contributed by atoms with E-state index < -0.39 is 29.7 Å². The van der Waals surface area contributed by atoms with Gasteiger partial charge in [-0.1, -0.05) is 17.4 Å². The Morgan fingerprint density at radius 1 is 1.30 bits per heavy atom. The van der Waals surface area contributed by atoms with Crippen LogP contribution in [-0.2, 0) is 4.74 Å². The molecule has 0 aromatic heterocycles. The van der Waals surface area contributed by atoms with E-state index >= 15 is 4.39 Å². The Balaban J connectivity index is 1.58. The van der Waals surface area contributed by atoms with E-state index in [1.54, 1.807) is 23.1 Å². The summed E-state index contributed by atoms with van der Waals surface area (Å²) in [6, 6.07) is 4.25. The van der Waals surface area contributed by atoms with E-state index in [9.17, 15) is 9.90 Å². The summed E-state index contributed by atoms with van der Waals surface area (Å²) in [6.07, 6.45) is 2.06. The number of aliphatic hydroxyl groups excluding tert-OH is 1. The highest BCUT2D eigenvalue weighted by Gasteiger charge is 2.63. The third-order valence-corrected chi connectivity index (χ3v) is 6.37. The number of hydrogen-bond acceptors (Lipinski definition) is 5. The van der Waals surface area contributed by atoms with Crippen LogP contribution < -0.4 is 0 Å². The summed E-state index contributed by atoms with van der Waals surface area (Å²) in [5, 5.41) is 21.2. The summed E-state index contributed by atoms with van der Waals surface area (Å²) in [4.78, 5) is 14.5. The van der Waals surface area contributed by atoms with Crippen LogP contribution in [-0.4, -0.2) is 51.4 Å². The van der Waals surface area contributed by atoms with Crippen molar-refractivity contribution < 1.29 is 19.0 Å². The normalized spacial score (nSPS) is 29.4. The summed E-state index contributed by atoms with van der Waals surface area (Å²) in [5.41, 5.74) is -0.763. The van der Waals surface area contributed by atoms with Crippen LogP contribution in [0.4, 0.5) is 14.9 Å². The molecule has 2 atom stereocenters. The second-order valence-electron chi connectivity index (χ2n) is 9.98. The second kappa shape index (κ2) is 7.48. The molecule has 2 bridgehead atoms. The van der Waals surface area contributed by atoms with Gasteiger partial charge in [0.25, 0.3) is 0 Å². The van der Waals surface area contributed by atoms with Gasteiger partial charge in [-0.25, -0.2) is 9.18 Å². The van der Waals surface area contributed by atoms with Crippen molar-refractivity contribution in [3.63, 3.8) is 0 Å². The molecule has 5 rings (SSSR count). The van der Waals surface area contributed by atoms with Crippen LogP contribution in [0.2, 0.25) is 0 Å². The first-order valence-electron chi connectivity index (χ1n) is 10.7. The van der Waals surface area contributed by atoms with Gasteiger partial charge in [0.2, 0.25) is 0 Å². The highest BCUT2D eigenvalue weighted by Crippen LogP contribution is 2.57. The third kappa shape index (κ3) is 3.77. The number of ether oxygens (including phenoxy) is 1. The Hall–Kier alpha value is -2.22. The fraction of sp³-hybridized carbons (Fsp3) is 0.682. The number of nitrogens with zero attached hydrogens (tertiary/aromatic N) is 4. The largest absolute Gasteiger partial charge is 0.444 e. The summed E-state index contributed by atoms with van der Waals surface area (Å²) >= 11 is 0. The van der Waals surface area contributed by atoms with E-state index in [-0.39, 0.29) is 22.7 Å². The van der Waals surface area contributed by atoms with E-state index in [1.165, 1.54) is 0 Å². The van der Waals surface area contributed by atoms with Crippen molar-refractivity contribution in [1.82, 2.24) is 9.91 Å². The molecule has 7 nitrogen and oxygen atoms in total. The van der Waals surface area contributed by atoms with E-state index in [0.29, 0.717) is 0 Å². The standard InChI is InChI=1S/C22H31FN4O3/c1-21(2,3)30-20(29)27-18(14-12-22(27,4)13-14)19(28)15-8-7-9-16(17(15)23)24-25-26-10-5-6-11-26/h7-9,14,18-19,28H,5-6,10-13H2,1-4H3/t14?,18-,19-,22?/m1/s1. The summed E-state index contributed by atoms with van der Waals surface area (Å²) in [7, 11) is 0. The number of carbonyl (C=O) groups is 1. The molecule has 1 aliphatic carbocycles. The number of hydrogen-bond donors (Lipinski definition) is 1. The first-order chi connectivity index (χ1) is 14.1. The van der Waals surface area contributed by atoms with Gasteiger partial charge < -0.3 is 9.84 Å². The number of rotatable bonds is 4. The molecule has 4 fully saturated rings. The van der Waals surface area contributed by atoms with Crippen LogP contribution in [0.5, 0.6) is 0 Å². The first kappa shape index (κ1) is 21.0. The third-order valence-electron chi connectivity index (χ3n) is 6.37. The van der Waals surface area contributed by atoms with Crippen molar-refractivity contribution in [3.8, 4) is 0 Å². The Labute approximate surface area is 176 Å². The predicted molar refractivity (Wildman–Crippen MR) is 110 cm³/mol. The lowest BCUT2D eigenvalue weighted by Crippen LogP contribution is -2.49. The quantitative estimate of drug-likeness (QED) is 0.717. The van der Waals surface area contributed by atoms with Crippen molar-refractivity contribution in [1.29, 1.82) is 0 Å². The summed E-state index contributed by atoms with van der Waals surface area (Å²) in [5.74, 6) is -0.474. The zero-order valence-corrected chi connectivity index (χ0v) is 18.1. The molecule has 3 saturated heterocycles. The molecule has 30 heavy (non-hydrogen) atoms. The average Bonchev–Trinajstić information content (AvgIpc) is 3.31. The van der Waals surface area contributed by atoms with Crippen LogP contribution in [0.3, 0.4) is 0 Å². The predicted octanol–water partition coefficient (Wildman–Crippen LogP) is 4.74. The lowest BCUT2D eigenvalue weighted by atomic mass is 9.72. The molecule has 0 radical (unpaired) electrons. The average molecular weight is 419 g/mol. The minimum Gasteiger partial charge on any atom is -0.444 e. The SMILES string of the molecule is CC(C)(C)OC(=O)N1[C@@H]([C@H](O)c2cccc(N=NN3CCCC3)c2F)C2CC1(C)C2. The van der Waals surface area contributed by atoms with Gasteiger partial charge in [-0.3, -0.25) is 9.91 Å². The van der Waals surface area contributed by atoms with Crippen molar-refractivity contribution in [2.75, 3.05) is 13.1 Å². The minimum atomic E-state index is -1.16. The maximum absolute atomic E-state index is 15.2. The maximum Gasteiger partial charge on any atom is 0.411 e. The molecule has 1 aromatic rings. The molecular formula is C22H31FN4O3. The smallest absolute Gasteiger partial charge is 0.411 e. The Morgan fingerprint density at radius 2 is 1.97 bits per heavy atom. The van der Waals surface area contributed by atoms with Crippen LogP contribution in [0.1, 0.15) is 65.0 Å². The molecule has 164 valence electrons. The number of fused-ring (bicyclic) bond motifs is 1. The lowest BCUT2D eigenvalue weighted by Gasteiger charge is -2.39. The summed E-state index contributed by atoms with van der Waals surface area (Å²) < 4.78 is 20.8. The fourth-order valence-electron chi connectivity index (χ4n) is 5.06. The van der Waals surface area contributed by atoms with Crippen molar-refractivity contribution in [2.45, 2.75) is 76.7 Å². The van der Waals surface area contributed by atoms with E-state index in [1.807, 2.05) is 32.7 Å². The van der Waals surface area contributed by atoms with Crippen LogP contribution >= 0.6 is 0 Å². The van der Waals surface area contributed by atoms with E-state index in [4.69, 9.17) is 4.74 Å². The number of benzene rings is 1. The Kier molecular flexibility index (Phi) is 5.24. The lowest BCUT2D eigenvalue weighted by molar-refractivity contribution is -0.00944. The van der Waals surface area contributed by atoms with Gasteiger partial charge in [0, 0.05) is 24.2 Å². The molecule has 4 aliphatic rings. The Morgan fingerprint density at radius 3 is 2.60 bits per heavy atom. The van der Waals surface area contributed by atoms with Gasteiger partial charge in [-0.2, -0.15) is 0 Å². The number of halogens is 1. The minimum absolute atomic E-state index is 0.0961. The van der Waals surface area contributed by atoms with Gasteiger partial charge in [0.1, 0.15) is 17.4 Å². The summed E-state index contributed by atoms with van der Waals surface area (Å²) in [6.45, 7) is 9.08. The van der Waals surface area contributed by atoms with Gasteiger partial charge in [-0.15, -0.1) is 5.11 Å². The van der Waals surface area contributed by atoms with Gasteiger partial charge in [0.05, 0.1) is 6.04 Å². The molecule has 1 N–H and O–H groups in total. The molecule has 0 spiro atoms. The monoisotopic (exact) mass is 418 g/mol. The maximum atomic E-state index is 15.2. The number of aliphatic hydroxyl groups is 1. The first-order valence-corrected chi connectivity index (χ1v) is 10.7. The van der Waals surface area contributed by atoms with Crippen molar-refractivity contribution >= 4 is 11.8 Å². The molecule has 1 aromatic carbocycles. The molecule has 3 aliphatic heterocycles. The van der Waals surface area contributed by atoms with Crippen molar-refractivity contribution in [2.24, 2.45) is 16.3 Å². The topological polar surface area (TPSA) is 77.7 Å².